The van der Waals surface area contributed by atoms with Crippen LogP contribution in [0.5, 0.6) is 0 Å². The lowest BCUT2D eigenvalue weighted by molar-refractivity contribution is -0.128. The highest BCUT2D eigenvalue weighted by atomic mass is 32.2. The molecule has 0 spiro atoms. The summed E-state index contributed by atoms with van der Waals surface area (Å²) in [7, 11) is 0. The summed E-state index contributed by atoms with van der Waals surface area (Å²) in [6.07, 6.45) is 4.51. The lowest BCUT2D eigenvalue weighted by Gasteiger charge is -2.20. The van der Waals surface area contributed by atoms with E-state index < -0.39 is 0 Å². The van der Waals surface area contributed by atoms with Crippen molar-refractivity contribution in [3.05, 3.63) is 66.0 Å². The van der Waals surface area contributed by atoms with E-state index in [9.17, 15) is 9.18 Å². The van der Waals surface area contributed by atoms with Crippen LogP contribution in [0.1, 0.15) is 31.2 Å². The Kier molecular flexibility index (Phi) is 6.79. The van der Waals surface area contributed by atoms with Crippen LogP contribution in [0.2, 0.25) is 0 Å². The Morgan fingerprint density at radius 1 is 0.933 bits per heavy atom. The minimum absolute atomic E-state index is 0.128. The first-order valence-electron chi connectivity index (χ1n) is 10.3. The van der Waals surface area contributed by atoms with E-state index in [2.05, 4.69) is 10.2 Å². The molecule has 0 bridgehead atoms. The summed E-state index contributed by atoms with van der Waals surface area (Å²) in [6.45, 7) is 2.17. The third-order valence-corrected chi connectivity index (χ3v) is 6.25. The standard InChI is InChI=1S/C23H25FN4OS/c24-20-13-7-6-12-19(20)22-25-26-23(28(22)16-18-10-4-3-5-11-18)30-17-21(29)27-14-8-1-2-9-15-27/h3-7,10-13H,1-2,8-9,14-17H2. The first-order valence-corrected chi connectivity index (χ1v) is 11.3. The van der Waals surface area contributed by atoms with E-state index in [1.54, 1.807) is 18.2 Å². The second kappa shape index (κ2) is 9.89. The van der Waals surface area contributed by atoms with Crippen LogP contribution >= 0.6 is 11.8 Å². The van der Waals surface area contributed by atoms with E-state index in [1.807, 2.05) is 39.8 Å². The van der Waals surface area contributed by atoms with Crippen molar-refractivity contribution in [2.45, 2.75) is 37.4 Å². The molecule has 0 aliphatic carbocycles. The zero-order chi connectivity index (χ0) is 20.8. The monoisotopic (exact) mass is 424 g/mol. The average Bonchev–Trinajstić information content (AvgIpc) is 2.97. The Bertz CT molecular complexity index is 984. The van der Waals surface area contributed by atoms with Crippen LogP contribution in [0.15, 0.2) is 59.8 Å². The van der Waals surface area contributed by atoms with Gasteiger partial charge in [-0.05, 0) is 30.5 Å². The quantitative estimate of drug-likeness (QED) is 0.542. The van der Waals surface area contributed by atoms with Gasteiger partial charge in [0.1, 0.15) is 5.82 Å². The van der Waals surface area contributed by atoms with E-state index in [1.165, 1.54) is 30.7 Å². The molecule has 156 valence electrons. The molecule has 1 amide bonds. The fraction of sp³-hybridized carbons (Fsp3) is 0.348. The number of aromatic nitrogens is 3. The van der Waals surface area contributed by atoms with Crippen molar-refractivity contribution in [2.24, 2.45) is 0 Å². The number of hydrogen-bond acceptors (Lipinski definition) is 4. The Hall–Kier alpha value is -2.67. The van der Waals surface area contributed by atoms with E-state index in [0.717, 1.165) is 31.5 Å². The zero-order valence-electron chi connectivity index (χ0n) is 16.8. The molecule has 30 heavy (non-hydrogen) atoms. The number of thioether (sulfide) groups is 1. The van der Waals surface area contributed by atoms with Gasteiger partial charge in [0.05, 0.1) is 17.9 Å². The largest absolute Gasteiger partial charge is 0.342 e. The van der Waals surface area contributed by atoms with Crippen LogP contribution in [-0.4, -0.2) is 44.4 Å². The minimum Gasteiger partial charge on any atom is -0.342 e. The lowest BCUT2D eigenvalue weighted by Crippen LogP contribution is -2.33. The first-order chi connectivity index (χ1) is 14.7. The lowest BCUT2D eigenvalue weighted by atomic mass is 10.2. The van der Waals surface area contributed by atoms with Gasteiger partial charge in [-0.25, -0.2) is 4.39 Å². The predicted molar refractivity (Wildman–Crippen MR) is 117 cm³/mol. The van der Waals surface area contributed by atoms with Crippen molar-refractivity contribution in [1.29, 1.82) is 0 Å². The highest BCUT2D eigenvalue weighted by Crippen LogP contribution is 2.27. The summed E-state index contributed by atoms with van der Waals surface area (Å²) < 4.78 is 16.3. The van der Waals surface area contributed by atoms with Gasteiger partial charge in [0.2, 0.25) is 5.91 Å². The summed E-state index contributed by atoms with van der Waals surface area (Å²) in [5, 5.41) is 9.21. The third kappa shape index (κ3) is 4.90. The first kappa shape index (κ1) is 20.6. The summed E-state index contributed by atoms with van der Waals surface area (Å²) in [5.41, 5.74) is 1.47. The third-order valence-electron chi connectivity index (χ3n) is 5.30. The summed E-state index contributed by atoms with van der Waals surface area (Å²) in [6, 6.07) is 16.5. The molecule has 1 fully saturated rings. The van der Waals surface area contributed by atoms with E-state index in [0.29, 0.717) is 28.8 Å². The zero-order valence-corrected chi connectivity index (χ0v) is 17.7. The highest BCUT2D eigenvalue weighted by Gasteiger charge is 2.20. The topological polar surface area (TPSA) is 51.0 Å². The molecule has 3 aromatic rings. The molecule has 0 unspecified atom stereocenters. The van der Waals surface area contributed by atoms with E-state index in [-0.39, 0.29) is 11.7 Å². The Balaban J connectivity index is 1.57. The molecule has 2 heterocycles. The maximum Gasteiger partial charge on any atom is 0.233 e. The Morgan fingerprint density at radius 2 is 1.63 bits per heavy atom. The summed E-state index contributed by atoms with van der Waals surface area (Å²) in [4.78, 5) is 14.7. The van der Waals surface area contributed by atoms with Crippen molar-refractivity contribution < 1.29 is 9.18 Å². The SMILES string of the molecule is O=C(CSc1nnc(-c2ccccc2F)n1Cc1ccccc1)N1CCCCCC1. The predicted octanol–water partition coefficient (Wildman–Crippen LogP) is 4.63. The van der Waals surface area contributed by atoms with Crippen molar-refractivity contribution >= 4 is 17.7 Å². The second-order valence-electron chi connectivity index (χ2n) is 7.44. The van der Waals surface area contributed by atoms with Crippen LogP contribution in [0, 0.1) is 5.82 Å². The molecule has 1 aliphatic heterocycles. The Morgan fingerprint density at radius 3 is 2.37 bits per heavy atom. The van der Waals surface area contributed by atoms with Gasteiger partial charge in [0, 0.05) is 13.1 Å². The smallest absolute Gasteiger partial charge is 0.233 e. The van der Waals surface area contributed by atoms with Gasteiger partial charge in [-0.15, -0.1) is 10.2 Å². The molecule has 1 saturated heterocycles. The number of likely N-dealkylation sites (tertiary alicyclic amines) is 1. The molecule has 1 aromatic heterocycles. The van der Waals surface area contributed by atoms with Crippen LogP contribution in [0.4, 0.5) is 4.39 Å². The minimum atomic E-state index is -0.337. The van der Waals surface area contributed by atoms with Crippen LogP contribution < -0.4 is 0 Å². The van der Waals surface area contributed by atoms with Gasteiger partial charge in [-0.1, -0.05) is 67.1 Å². The van der Waals surface area contributed by atoms with Crippen molar-refractivity contribution in [1.82, 2.24) is 19.7 Å². The molecule has 0 saturated carbocycles. The fourth-order valence-electron chi connectivity index (χ4n) is 3.68. The highest BCUT2D eigenvalue weighted by molar-refractivity contribution is 7.99. The van der Waals surface area contributed by atoms with Gasteiger partial charge in [-0.2, -0.15) is 0 Å². The number of halogens is 1. The molecular weight excluding hydrogens is 399 g/mol. The average molecular weight is 425 g/mol. The molecule has 5 nitrogen and oxygen atoms in total. The number of amides is 1. The van der Waals surface area contributed by atoms with Gasteiger partial charge in [0.15, 0.2) is 11.0 Å². The number of hydrogen-bond donors (Lipinski definition) is 0. The van der Waals surface area contributed by atoms with Crippen LogP contribution in [0.3, 0.4) is 0 Å². The normalized spacial score (nSPS) is 14.5. The molecule has 4 rings (SSSR count). The van der Waals surface area contributed by atoms with Gasteiger partial charge < -0.3 is 4.90 Å². The summed E-state index contributed by atoms with van der Waals surface area (Å²) in [5.74, 6) is 0.575. The van der Waals surface area contributed by atoms with E-state index >= 15 is 0 Å². The van der Waals surface area contributed by atoms with Gasteiger partial charge in [-0.3, -0.25) is 9.36 Å². The molecule has 7 heteroatoms. The molecule has 2 aromatic carbocycles. The number of benzene rings is 2. The number of nitrogens with zero attached hydrogens (tertiary/aromatic N) is 4. The fourth-order valence-corrected chi connectivity index (χ4v) is 4.52. The van der Waals surface area contributed by atoms with Crippen molar-refractivity contribution in [3.63, 3.8) is 0 Å². The van der Waals surface area contributed by atoms with E-state index in [4.69, 9.17) is 0 Å². The molecule has 0 radical (unpaired) electrons. The van der Waals surface area contributed by atoms with Gasteiger partial charge >= 0.3 is 0 Å². The maximum absolute atomic E-state index is 14.5. The maximum atomic E-state index is 14.5. The molecule has 0 N–H and O–H groups in total. The van der Waals surface area contributed by atoms with Crippen LogP contribution in [-0.2, 0) is 11.3 Å². The van der Waals surface area contributed by atoms with Crippen LogP contribution in [0.25, 0.3) is 11.4 Å². The van der Waals surface area contributed by atoms with Gasteiger partial charge in [0.25, 0.3) is 0 Å². The Labute approximate surface area is 180 Å². The number of carbonyl (C=O) groups excluding carboxylic acids is 1. The van der Waals surface area contributed by atoms with Crippen molar-refractivity contribution in [3.8, 4) is 11.4 Å². The molecule has 0 atom stereocenters. The van der Waals surface area contributed by atoms with Crippen molar-refractivity contribution in [2.75, 3.05) is 18.8 Å². The second-order valence-corrected chi connectivity index (χ2v) is 8.38. The molecule has 1 aliphatic rings. The summed E-state index contributed by atoms with van der Waals surface area (Å²) >= 11 is 1.37. The number of carbonyl (C=O) groups is 1. The number of rotatable bonds is 6. The molecular formula is C23H25FN4OS.